The van der Waals surface area contributed by atoms with Crippen molar-refractivity contribution in [2.24, 2.45) is 5.92 Å². The van der Waals surface area contributed by atoms with E-state index in [0.29, 0.717) is 24.5 Å². The van der Waals surface area contributed by atoms with Crippen LogP contribution in [0, 0.1) is 5.92 Å². The van der Waals surface area contributed by atoms with Gasteiger partial charge in [-0.25, -0.2) is 4.79 Å². The number of carbonyl (C=O) groups excluding carboxylic acids is 2. The van der Waals surface area contributed by atoms with Crippen LogP contribution in [0.2, 0.25) is 0 Å². The van der Waals surface area contributed by atoms with E-state index >= 15 is 0 Å². The van der Waals surface area contributed by atoms with E-state index in [1.165, 1.54) is 6.08 Å². The molecule has 0 radical (unpaired) electrons. The van der Waals surface area contributed by atoms with E-state index < -0.39 is 30.0 Å². The summed E-state index contributed by atoms with van der Waals surface area (Å²) in [4.78, 5) is 28.1. The smallest absolute Gasteiger partial charge is 0.329 e. The number of esters is 1. The molecule has 1 saturated heterocycles. The first-order valence-corrected chi connectivity index (χ1v) is 12.4. The van der Waals surface area contributed by atoms with Crippen LogP contribution in [0.15, 0.2) is 37.4 Å². The molecule has 9 heteroatoms. The van der Waals surface area contributed by atoms with E-state index in [9.17, 15) is 9.59 Å². The molecule has 1 amide bonds. The molecule has 3 heterocycles. The summed E-state index contributed by atoms with van der Waals surface area (Å²) in [7, 11) is 0. The molecule has 1 unspecified atom stereocenters. The minimum atomic E-state index is -0.838. The molecular formula is C27H36N2O7. The van der Waals surface area contributed by atoms with Gasteiger partial charge in [0, 0.05) is 30.3 Å². The average molecular weight is 501 g/mol. The number of carbonyl (C=O) groups is 2. The topological polar surface area (TPSA) is 95.6 Å². The number of anilines is 1. The molecule has 1 aromatic carbocycles. The fourth-order valence-corrected chi connectivity index (χ4v) is 5.01. The minimum absolute atomic E-state index is 0.0873. The number of nitrogens with one attached hydrogen (secondary N) is 1. The third kappa shape index (κ3) is 5.08. The van der Waals surface area contributed by atoms with Gasteiger partial charge in [0.15, 0.2) is 17.3 Å². The molecule has 196 valence electrons. The van der Waals surface area contributed by atoms with Gasteiger partial charge in [-0.2, -0.15) is 0 Å². The van der Waals surface area contributed by atoms with Gasteiger partial charge in [0.25, 0.3) is 0 Å². The summed E-state index contributed by atoms with van der Waals surface area (Å²) in [6.45, 7) is 15.8. The van der Waals surface area contributed by atoms with Gasteiger partial charge in [0.05, 0.1) is 6.04 Å². The second-order valence-electron chi connectivity index (χ2n) is 9.85. The zero-order valence-corrected chi connectivity index (χ0v) is 21.5. The van der Waals surface area contributed by atoms with Gasteiger partial charge < -0.3 is 33.9 Å². The Hall–Kier alpha value is -3.04. The predicted octanol–water partition coefficient (Wildman–Crippen LogP) is 3.63. The van der Waals surface area contributed by atoms with E-state index in [4.69, 9.17) is 23.7 Å². The minimum Gasteiger partial charge on any atom is -0.460 e. The summed E-state index contributed by atoms with van der Waals surface area (Å²) in [5, 5.41) is 2.91. The highest BCUT2D eigenvalue weighted by molar-refractivity contribution is 5.85. The Balaban J connectivity index is 1.64. The Labute approximate surface area is 212 Å². The third-order valence-corrected chi connectivity index (χ3v) is 6.89. The normalized spacial score (nSPS) is 24.8. The van der Waals surface area contributed by atoms with Crippen LogP contribution in [0.3, 0.4) is 0 Å². The molecule has 1 fully saturated rings. The van der Waals surface area contributed by atoms with Crippen molar-refractivity contribution in [3.05, 3.63) is 43.0 Å². The summed E-state index contributed by atoms with van der Waals surface area (Å²) in [5.41, 5.74) is 1.79. The maximum atomic E-state index is 13.4. The molecule has 5 atom stereocenters. The lowest BCUT2D eigenvalue weighted by molar-refractivity contribution is -0.149. The molecular weight excluding hydrogens is 464 g/mol. The van der Waals surface area contributed by atoms with Crippen molar-refractivity contribution in [1.29, 1.82) is 0 Å². The van der Waals surface area contributed by atoms with E-state index in [0.717, 1.165) is 11.3 Å². The predicted molar refractivity (Wildman–Crippen MR) is 134 cm³/mol. The Bertz CT molecular complexity index is 1020. The quantitative estimate of drug-likeness (QED) is 0.384. The standard InChI is InChI=1S/C27H36N2O7/c1-7-10-29-18-13-21-20(33-15-34-21)12-17(18)24-25(36-27(5,6)35-24)19(29)14-22(30)28-23(16(4)9-3)26(31)32-11-8-2/h7-8,12-13,16,19,23-25H,1-2,9-11,14-15H2,3-6H3,(H,28,30)/t16?,19-,23-,24-,25-/m0/s1. The van der Waals surface area contributed by atoms with Crippen LogP contribution in [-0.4, -0.2) is 55.8 Å². The van der Waals surface area contributed by atoms with Crippen LogP contribution < -0.4 is 19.7 Å². The van der Waals surface area contributed by atoms with Crippen molar-refractivity contribution in [1.82, 2.24) is 5.32 Å². The summed E-state index contributed by atoms with van der Waals surface area (Å²) >= 11 is 0. The molecule has 36 heavy (non-hydrogen) atoms. The van der Waals surface area contributed by atoms with Crippen LogP contribution in [0.1, 0.15) is 52.2 Å². The number of ether oxygens (including phenoxy) is 5. The third-order valence-electron chi connectivity index (χ3n) is 6.89. The van der Waals surface area contributed by atoms with Crippen molar-refractivity contribution in [2.45, 2.75) is 70.6 Å². The van der Waals surface area contributed by atoms with Gasteiger partial charge >= 0.3 is 5.97 Å². The van der Waals surface area contributed by atoms with Crippen molar-refractivity contribution in [2.75, 3.05) is 24.8 Å². The highest BCUT2D eigenvalue weighted by Crippen LogP contribution is 2.52. The van der Waals surface area contributed by atoms with Gasteiger partial charge in [-0.3, -0.25) is 4.79 Å². The Morgan fingerprint density at radius 3 is 2.61 bits per heavy atom. The van der Waals surface area contributed by atoms with Crippen molar-refractivity contribution in [3.8, 4) is 11.5 Å². The average Bonchev–Trinajstić information content (AvgIpc) is 3.44. The Kier molecular flexibility index (Phi) is 7.61. The lowest BCUT2D eigenvalue weighted by atomic mass is 9.88. The monoisotopic (exact) mass is 500 g/mol. The molecule has 0 saturated carbocycles. The second kappa shape index (κ2) is 10.5. The summed E-state index contributed by atoms with van der Waals surface area (Å²) in [6.07, 6.45) is 3.26. The summed E-state index contributed by atoms with van der Waals surface area (Å²) in [6, 6.07) is 2.73. The van der Waals surface area contributed by atoms with Crippen LogP contribution in [-0.2, 0) is 23.8 Å². The molecule has 1 N–H and O–H groups in total. The fourth-order valence-electron chi connectivity index (χ4n) is 5.01. The zero-order chi connectivity index (χ0) is 26.0. The van der Waals surface area contributed by atoms with E-state index in [1.54, 1.807) is 6.08 Å². The van der Waals surface area contributed by atoms with Gasteiger partial charge in [-0.1, -0.05) is 39.0 Å². The van der Waals surface area contributed by atoms with Gasteiger partial charge in [-0.05, 0) is 25.8 Å². The second-order valence-corrected chi connectivity index (χ2v) is 9.85. The first-order chi connectivity index (χ1) is 17.2. The molecule has 0 aromatic heterocycles. The van der Waals surface area contributed by atoms with Crippen molar-refractivity contribution < 1.29 is 33.3 Å². The lowest BCUT2D eigenvalue weighted by Gasteiger charge is -2.43. The first kappa shape index (κ1) is 26.0. The van der Waals surface area contributed by atoms with E-state index in [1.807, 2.05) is 39.8 Å². The molecule has 9 nitrogen and oxygen atoms in total. The lowest BCUT2D eigenvalue weighted by Crippen LogP contribution is -2.54. The maximum absolute atomic E-state index is 13.4. The zero-order valence-electron chi connectivity index (χ0n) is 21.5. The molecule has 0 spiro atoms. The molecule has 3 aliphatic heterocycles. The first-order valence-electron chi connectivity index (χ1n) is 12.4. The van der Waals surface area contributed by atoms with Gasteiger partial charge in [0.1, 0.15) is 24.9 Å². The van der Waals surface area contributed by atoms with Crippen LogP contribution in [0.25, 0.3) is 0 Å². The number of amides is 1. The van der Waals surface area contributed by atoms with Crippen molar-refractivity contribution >= 4 is 17.6 Å². The highest BCUT2D eigenvalue weighted by atomic mass is 16.8. The largest absolute Gasteiger partial charge is 0.460 e. The Morgan fingerprint density at radius 2 is 1.94 bits per heavy atom. The number of benzene rings is 1. The molecule has 4 rings (SSSR count). The van der Waals surface area contributed by atoms with Gasteiger partial charge in [0.2, 0.25) is 12.7 Å². The number of nitrogens with zero attached hydrogens (tertiary/aromatic N) is 1. The van der Waals surface area contributed by atoms with E-state index in [-0.39, 0.29) is 37.7 Å². The van der Waals surface area contributed by atoms with Crippen molar-refractivity contribution in [3.63, 3.8) is 0 Å². The van der Waals surface area contributed by atoms with E-state index in [2.05, 4.69) is 23.4 Å². The Morgan fingerprint density at radius 1 is 1.22 bits per heavy atom. The SMILES string of the molecule is C=CCOC(=O)[C@@H](NC(=O)C[C@H]1[C@@H]2OC(C)(C)O[C@H]2c2cc3c(cc2N1CC=C)OCO3)C(C)CC. The number of rotatable bonds is 10. The molecule has 0 bridgehead atoms. The number of hydrogen-bond donors (Lipinski definition) is 1. The van der Waals surface area contributed by atoms with Gasteiger partial charge in [-0.15, -0.1) is 6.58 Å². The summed E-state index contributed by atoms with van der Waals surface area (Å²) in [5.74, 6) is -0.377. The highest BCUT2D eigenvalue weighted by Gasteiger charge is 2.52. The number of fused-ring (bicyclic) bond motifs is 4. The molecule has 3 aliphatic rings. The van der Waals surface area contributed by atoms with Crippen LogP contribution >= 0.6 is 0 Å². The fraction of sp³-hybridized carbons (Fsp3) is 0.556. The van der Waals surface area contributed by atoms with Crippen LogP contribution in [0.4, 0.5) is 5.69 Å². The summed E-state index contributed by atoms with van der Waals surface area (Å²) < 4.78 is 29.1. The molecule has 0 aliphatic carbocycles. The van der Waals surface area contributed by atoms with Crippen LogP contribution in [0.5, 0.6) is 11.5 Å². The maximum Gasteiger partial charge on any atom is 0.329 e. The molecule has 1 aromatic rings. The number of hydrogen-bond acceptors (Lipinski definition) is 8.